The lowest BCUT2D eigenvalue weighted by Gasteiger charge is -2.06. The van der Waals surface area contributed by atoms with Gasteiger partial charge in [-0.25, -0.2) is 0 Å². The van der Waals surface area contributed by atoms with Gasteiger partial charge in [-0.2, -0.15) is 0 Å². The molecule has 0 amide bonds. The molecule has 0 spiro atoms. The van der Waals surface area contributed by atoms with E-state index in [0.29, 0.717) is 11.4 Å². The van der Waals surface area contributed by atoms with Gasteiger partial charge in [0.15, 0.2) is 5.78 Å². The van der Waals surface area contributed by atoms with Gasteiger partial charge in [0, 0.05) is 23.0 Å². The lowest BCUT2D eigenvalue weighted by Crippen LogP contribution is -2.04. The molecule has 1 saturated carbocycles. The van der Waals surface area contributed by atoms with Gasteiger partial charge in [-0.3, -0.25) is 4.79 Å². The third-order valence-corrected chi connectivity index (χ3v) is 3.33. The van der Waals surface area contributed by atoms with Crippen molar-refractivity contribution < 1.29 is 4.79 Å². The Balaban J connectivity index is 2.43. The number of alkyl halides is 1. The summed E-state index contributed by atoms with van der Waals surface area (Å²) in [5.74, 6) is 0.185. The molecule has 0 saturated heterocycles. The maximum absolute atomic E-state index is 11.6. The molecule has 76 valence electrons. The monoisotopic (exact) mass is 255 g/mol. The molecule has 1 aromatic rings. The Kier molecular flexibility index (Phi) is 2.52. The number of ketones is 1. The van der Waals surface area contributed by atoms with Crippen molar-refractivity contribution in [3.8, 4) is 0 Å². The largest absolute Gasteiger partial charge is 0.345 e. The summed E-state index contributed by atoms with van der Waals surface area (Å²) in [5, 5.41) is 0.419. The van der Waals surface area contributed by atoms with Gasteiger partial charge >= 0.3 is 0 Å². The Hall–Kier alpha value is -0.570. The average molecular weight is 256 g/mol. The predicted molar refractivity (Wildman–Crippen MR) is 60.3 cm³/mol. The van der Waals surface area contributed by atoms with E-state index in [1.807, 2.05) is 13.0 Å². The molecule has 2 rings (SSSR count). The number of rotatable bonds is 3. The van der Waals surface area contributed by atoms with Crippen LogP contribution in [0.5, 0.6) is 0 Å². The molecular formula is C11H14BrNO. The maximum atomic E-state index is 11.6. The van der Waals surface area contributed by atoms with Crippen LogP contribution >= 0.6 is 15.9 Å². The second kappa shape index (κ2) is 3.54. The predicted octanol–water partition coefficient (Wildman–Crippen LogP) is 3.02. The van der Waals surface area contributed by atoms with Crippen LogP contribution in [0.3, 0.4) is 0 Å². The zero-order valence-corrected chi connectivity index (χ0v) is 10.1. The Morgan fingerprint density at radius 3 is 2.71 bits per heavy atom. The number of hydrogen-bond donors (Lipinski definition) is 0. The van der Waals surface area contributed by atoms with Crippen molar-refractivity contribution in [1.29, 1.82) is 0 Å². The number of carbonyl (C=O) groups is 1. The van der Waals surface area contributed by atoms with Crippen LogP contribution in [0.4, 0.5) is 0 Å². The molecular weight excluding hydrogens is 242 g/mol. The van der Waals surface area contributed by atoms with Crippen LogP contribution in [-0.4, -0.2) is 15.7 Å². The number of aromatic nitrogens is 1. The summed E-state index contributed by atoms with van der Waals surface area (Å²) in [6.45, 7) is 4.12. The van der Waals surface area contributed by atoms with Crippen molar-refractivity contribution in [3.05, 3.63) is 23.0 Å². The minimum absolute atomic E-state index is 0.185. The second-order valence-corrected chi connectivity index (χ2v) is 4.50. The van der Waals surface area contributed by atoms with Crippen LogP contribution in [0.25, 0.3) is 0 Å². The smallest absolute Gasteiger partial charge is 0.175 e. The van der Waals surface area contributed by atoms with Crippen molar-refractivity contribution >= 4 is 21.7 Å². The lowest BCUT2D eigenvalue weighted by molar-refractivity contribution is 0.102. The molecule has 0 aliphatic heterocycles. The van der Waals surface area contributed by atoms with E-state index in [1.54, 1.807) is 0 Å². The SMILES string of the molecule is Cc1cc(C(=O)CBr)c(C)n1C1CC1. The molecule has 3 heteroatoms. The zero-order valence-electron chi connectivity index (χ0n) is 8.51. The quantitative estimate of drug-likeness (QED) is 0.601. The molecule has 1 heterocycles. The fraction of sp³-hybridized carbons (Fsp3) is 0.545. The number of nitrogens with zero attached hydrogens (tertiary/aromatic N) is 1. The minimum atomic E-state index is 0.185. The average Bonchev–Trinajstić information content (AvgIpc) is 2.93. The summed E-state index contributed by atoms with van der Waals surface area (Å²) < 4.78 is 2.30. The molecule has 1 aliphatic rings. The van der Waals surface area contributed by atoms with E-state index in [4.69, 9.17) is 0 Å². The number of hydrogen-bond acceptors (Lipinski definition) is 1. The fourth-order valence-electron chi connectivity index (χ4n) is 2.03. The highest BCUT2D eigenvalue weighted by atomic mass is 79.9. The molecule has 0 unspecified atom stereocenters. The molecule has 1 aliphatic carbocycles. The Morgan fingerprint density at radius 2 is 2.21 bits per heavy atom. The van der Waals surface area contributed by atoms with Gasteiger partial charge in [-0.1, -0.05) is 15.9 Å². The molecule has 0 aromatic carbocycles. The van der Waals surface area contributed by atoms with Crippen LogP contribution in [0, 0.1) is 13.8 Å². The summed E-state index contributed by atoms with van der Waals surface area (Å²) in [6, 6.07) is 2.67. The minimum Gasteiger partial charge on any atom is -0.345 e. The van der Waals surface area contributed by atoms with Gasteiger partial charge in [0.25, 0.3) is 0 Å². The maximum Gasteiger partial charge on any atom is 0.175 e. The molecule has 14 heavy (non-hydrogen) atoms. The van der Waals surface area contributed by atoms with Crippen molar-refractivity contribution in [2.45, 2.75) is 32.7 Å². The van der Waals surface area contributed by atoms with E-state index in [-0.39, 0.29) is 5.78 Å². The molecule has 1 fully saturated rings. The first-order chi connectivity index (χ1) is 6.65. The normalized spacial score (nSPS) is 15.9. The van der Waals surface area contributed by atoms with Gasteiger partial charge in [-0.05, 0) is 32.8 Å². The number of aryl methyl sites for hydroxylation is 1. The van der Waals surface area contributed by atoms with Gasteiger partial charge in [0.1, 0.15) is 0 Å². The third-order valence-electron chi connectivity index (χ3n) is 2.82. The van der Waals surface area contributed by atoms with E-state index < -0.39 is 0 Å². The number of Topliss-reactive ketones (excluding diaryl/α,β-unsaturated/α-hetero) is 1. The summed E-state index contributed by atoms with van der Waals surface area (Å²) in [6.07, 6.45) is 2.52. The van der Waals surface area contributed by atoms with Gasteiger partial charge < -0.3 is 4.57 Å². The molecule has 0 N–H and O–H groups in total. The molecule has 0 bridgehead atoms. The first kappa shape index (κ1) is 9.97. The second-order valence-electron chi connectivity index (χ2n) is 3.94. The standard InChI is InChI=1S/C11H14BrNO/c1-7-5-10(11(14)6-12)8(2)13(7)9-3-4-9/h5,9H,3-4,6H2,1-2H3. The van der Waals surface area contributed by atoms with Crippen molar-refractivity contribution in [3.63, 3.8) is 0 Å². The third kappa shape index (κ3) is 1.54. The van der Waals surface area contributed by atoms with E-state index in [9.17, 15) is 4.79 Å². The summed E-state index contributed by atoms with van der Waals surface area (Å²) in [7, 11) is 0. The van der Waals surface area contributed by atoms with Crippen molar-refractivity contribution in [2.75, 3.05) is 5.33 Å². The number of halogens is 1. The molecule has 1 aromatic heterocycles. The van der Waals surface area contributed by atoms with Crippen LogP contribution < -0.4 is 0 Å². The van der Waals surface area contributed by atoms with Gasteiger partial charge in [0.2, 0.25) is 0 Å². The first-order valence-corrected chi connectivity index (χ1v) is 6.05. The summed E-state index contributed by atoms with van der Waals surface area (Å²) >= 11 is 3.21. The van der Waals surface area contributed by atoms with Gasteiger partial charge in [-0.15, -0.1) is 0 Å². The van der Waals surface area contributed by atoms with Gasteiger partial charge in [0.05, 0.1) is 5.33 Å². The Labute approximate surface area is 92.4 Å². The van der Waals surface area contributed by atoms with E-state index in [0.717, 1.165) is 11.3 Å². The zero-order chi connectivity index (χ0) is 10.3. The van der Waals surface area contributed by atoms with Crippen LogP contribution in [0.1, 0.15) is 40.6 Å². The van der Waals surface area contributed by atoms with Crippen LogP contribution in [0.15, 0.2) is 6.07 Å². The highest BCUT2D eigenvalue weighted by molar-refractivity contribution is 9.09. The number of carbonyl (C=O) groups excluding carboxylic acids is 1. The Bertz CT molecular complexity index is 377. The highest BCUT2D eigenvalue weighted by Gasteiger charge is 2.27. The topological polar surface area (TPSA) is 22.0 Å². The Morgan fingerprint density at radius 1 is 1.57 bits per heavy atom. The molecule has 2 nitrogen and oxygen atoms in total. The van der Waals surface area contributed by atoms with Crippen LogP contribution in [0.2, 0.25) is 0 Å². The van der Waals surface area contributed by atoms with E-state index >= 15 is 0 Å². The summed E-state index contributed by atoms with van der Waals surface area (Å²) in [5.41, 5.74) is 3.23. The van der Waals surface area contributed by atoms with E-state index in [1.165, 1.54) is 18.5 Å². The lowest BCUT2D eigenvalue weighted by atomic mass is 10.2. The van der Waals surface area contributed by atoms with Crippen molar-refractivity contribution in [2.24, 2.45) is 0 Å². The van der Waals surface area contributed by atoms with Crippen molar-refractivity contribution in [1.82, 2.24) is 4.57 Å². The molecule has 0 radical (unpaired) electrons. The highest BCUT2D eigenvalue weighted by Crippen LogP contribution is 2.38. The first-order valence-electron chi connectivity index (χ1n) is 4.92. The van der Waals surface area contributed by atoms with E-state index in [2.05, 4.69) is 27.4 Å². The summed E-state index contributed by atoms with van der Waals surface area (Å²) in [4.78, 5) is 11.6. The molecule has 0 atom stereocenters. The fourth-order valence-corrected chi connectivity index (χ4v) is 2.33. The van der Waals surface area contributed by atoms with Crippen LogP contribution in [-0.2, 0) is 0 Å².